The molecule has 0 atom stereocenters. The highest BCUT2D eigenvalue weighted by Crippen LogP contribution is 2.35. The first kappa shape index (κ1) is 19.1. The normalized spacial score (nSPS) is 11.4. The summed E-state index contributed by atoms with van der Waals surface area (Å²) in [5, 5.41) is 0.817. The average molecular weight is 455 g/mol. The highest BCUT2D eigenvalue weighted by molar-refractivity contribution is 7.94. The predicted octanol–water partition coefficient (Wildman–Crippen LogP) is 6.38. The number of anilines is 2. The van der Waals surface area contributed by atoms with Gasteiger partial charge in [0.05, 0.1) is 41.5 Å². The van der Waals surface area contributed by atoms with E-state index in [2.05, 4.69) is 9.44 Å². The first-order chi connectivity index (χ1) is 10.6. The Bertz CT molecular complexity index is 807. The van der Waals surface area contributed by atoms with Crippen molar-refractivity contribution in [1.29, 1.82) is 0 Å². The third kappa shape index (κ3) is 4.86. The molecule has 2 aromatic carbocycles. The van der Waals surface area contributed by atoms with Crippen molar-refractivity contribution in [1.82, 2.24) is 0 Å². The van der Waals surface area contributed by atoms with Gasteiger partial charge >= 0.3 is 10.2 Å². The van der Waals surface area contributed by atoms with Crippen LogP contribution in [0.5, 0.6) is 0 Å². The molecule has 0 aliphatic carbocycles. The van der Waals surface area contributed by atoms with Gasteiger partial charge in [-0.05, 0) is 24.3 Å². The standard InChI is InChI=1S/C12H6Cl6N2O2S/c13-5-1-9(17)11(3-7(5)15)19-23(21,22)20-12-4-8(16)6(14)2-10(12)18/h1-4,19-20H. The second-order valence-electron chi connectivity index (χ2n) is 4.20. The number of hydrogen-bond donors (Lipinski definition) is 2. The lowest BCUT2D eigenvalue weighted by Crippen LogP contribution is -2.22. The Morgan fingerprint density at radius 1 is 0.565 bits per heavy atom. The van der Waals surface area contributed by atoms with Crippen molar-refractivity contribution >= 4 is 91.2 Å². The maximum absolute atomic E-state index is 12.2. The second-order valence-corrected chi connectivity index (χ2v) is 8.06. The van der Waals surface area contributed by atoms with Gasteiger partial charge < -0.3 is 0 Å². The van der Waals surface area contributed by atoms with Crippen LogP contribution in [-0.4, -0.2) is 8.42 Å². The van der Waals surface area contributed by atoms with Gasteiger partial charge in [0.1, 0.15) is 0 Å². The summed E-state index contributed by atoms with van der Waals surface area (Å²) in [4.78, 5) is 0. The summed E-state index contributed by atoms with van der Waals surface area (Å²) in [5.41, 5.74) is 0.0921. The molecule has 0 saturated carbocycles. The molecule has 0 bridgehead atoms. The molecule has 124 valence electrons. The molecule has 0 amide bonds. The molecule has 0 unspecified atom stereocenters. The smallest absolute Gasteiger partial charge is 0.265 e. The molecule has 0 aliphatic heterocycles. The number of halogens is 6. The first-order valence-electron chi connectivity index (χ1n) is 5.68. The van der Waals surface area contributed by atoms with Crippen LogP contribution in [0.25, 0.3) is 0 Å². The van der Waals surface area contributed by atoms with Crippen molar-refractivity contribution in [3.05, 3.63) is 54.4 Å². The monoisotopic (exact) mass is 452 g/mol. The minimum absolute atomic E-state index is 0.0461. The van der Waals surface area contributed by atoms with Gasteiger partial charge in [0, 0.05) is 0 Å². The zero-order chi connectivity index (χ0) is 17.4. The molecule has 23 heavy (non-hydrogen) atoms. The maximum atomic E-state index is 12.2. The third-order valence-corrected chi connectivity index (χ3v) is 5.56. The molecule has 0 heterocycles. The van der Waals surface area contributed by atoms with E-state index in [1.54, 1.807) is 0 Å². The van der Waals surface area contributed by atoms with Gasteiger partial charge in [0.2, 0.25) is 0 Å². The van der Waals surface area contributed by atoms with Crippen LogP contribution < -0.4 is 9.44 Å². The van der Waals surface area contributed by atoms with Crippen LogP contribution in [0.15, 0.2) is 24.3 Å². The quantitative estimate of drug-likeness (QED) is 0.527. The van der Waals surface area contributed by atoms with Crippen LogP contribution in [0, 0.1) is 0 Å². The average Bonchev–Trinajstić information content (AvgIpc) is 2.41. The Kier molecular flexibility index (Phi) is 6.06. The van der Waals surface area contributed by atoms with Crippen LogP contribution in [0.4, 0.5) is 11.4 Å². The largest absolute Gasteiger partial charge is 0.321 e. The fourth-order valence-corrected chi connectivity index (χ4v) is 3.78. The second kappa shape index (κ2) is 7.31. The van der Waals surface area contributed by atoms with Gasteiger partial charge in [-0.15, -0.1) is 0 Å². The number of nitrogens with one attached hydrogen (secondary N) is 2. The van der Waals surface area contributed by atoms with E-state index < -0.39 is 10.2 Å². The molecule has 2 aromatic rings. The van der Waals surface area contributed by atoms with E-state index in [0.717, 1.165) is 0 Å². The van der Waals surface area contributed by atoms with Crippen molar-refractivity contribution in [3.63, 3.8) is 0 Å². The summed E-state index contributed by atoms with van der Waals surface area (Å²) >= 11 is 35.1. The molecule has 2 N–H and O–H groups in total. The van der Waals surface area contributed by atoms with Crippen molar-refractivity contribution in [2.75, 3.05) is 9.44 Å². The van der Waals surface area contributed by atoms with Crippen molar-refractivity contribution in [3.8, 4) is 0 Å². The first-order valence-corrected chi connectivity index (χ1v) is 9.44. The lowest BCUT2D eigenvalue weighted by Gasteiger charge is -2.13. The molecule has 2 rings (SSSR count). The Labute approximate surface area is 162 Å². The van der Waals surface area contributed by atoms with Crippen molar-refractivity contribution < 1.29 is 8.42 Å². The van der Waals surface area contributed by atoms with Gasteiger partial charge in [0.25, 0.3) is 0 Å². The Morgan fingerprint density at radius 2 is 0.870 bits per heavy atom. The van der Waals surface area contributed by atoms with Crippen molar-refractivity contribution in [2.24, 2.45) is 0 Å². The van der Waals surface area contributed by atoms with Gasteiger partial charge in [-0.25, -0.2) is 0 Å². The molecular weight excluding hydrogens is 449 g/mol. The van der Waals surface area contributed by atoms with Crippen LogP contribution in [-0.2, 0) is 10.2 Å². The highest BCUT2D eigenvalue weighted by atomic mass is 35.5. The minimum atomic E-state index is -4.06. The molecule has 4 nitrogen and oxygen atoms in total. The maximum Gasteiger partial charge on any atom is 0.321 e. The lowest BCUT2D eigenvalue weighted by molar-refractivity contribution is 0.606. The van der Waals surface area contributed by atoms with Crippen LogP contribution in [0.2, 0.25) is 30.1 Å². The molecule has 0 aromatic heterocycles. The van der Waals surface area contributed by atoms with E-state index >= 15 is 0 Å². The minimum Gasteiger partial charge on any atom is -0.265 e. The van der Waals surface area contributed by atoms with Gasteiger partial charge in [-0.1, -0.05) is 69.6 Å². The molecule has 0 aliphatic rings. The Hall–Kier alpha value is -0.270. The van der Waals surface area contributed by atoms with E-state index in [1.165, 1.54) is 24.3 Å². The van der Waals surface area contributed by atoms with Crippen molar-refractivity contribution in [2.45, 2.75) is 0 Å². The Balaban J connectivity index is 2.30. The molecule has 0 fully saturated rings. The highest BCUT2D eigenvalue weighted by Gasteiger charge is 2.16. The summed E-state index contributed by atoms with van der Waals surface area (Å²) in [5.74, 6) is 0. The summed E-state index contributed by atoms with van der Waals surface area (Å²) in [6.45, 7) is 0. The summed E-state index contributed by atoms with van der Waals surface area (Å²) in [6, 6.07) is 5.19. The summed E-state index contributed by atoms with van der Waals surface area (Å²) in [6.07, 6.45) is 0. The zero-order valence-corrected chi connectivity index (χ0v) is 16.2. The van der Waals surface area contributed by atoms with E-state index in [1.807, 2.05) is 0 Å². The van der Waals surface area contributed by atoms with E-state index in [0.29, 0.717) is 0 Å². The van der Waals surface area contributed by atoms with Crippen LogP contribution in [0.1, 0.15) is 0 Å². The fraction of sp³-hybridized carbons (Fsp3) is 0. The lowest BCUT2D eigenvalue weighted by atomic mass is 10.3. The van der Waals surface area contributed by atoms with E-state index in [4.69, 9.17) is 69.6 Å². The number of hydrogen-bond acceptors (Lipinski definition) is 2. The van der Waals surface area contributed by atoms with E-state index in [9.17, 15) is 8.42 Å². The molecule has 0 spiro atoms. The summed E-state index contributed by atoms with van der Waals surface area (Å²) in [7, 11) is -4.06. The van der Waals surface area contributed by atoms with Gasteiger partial charge in [-0.2, -0.15) is 8.42 Å². The SMILES string of the molecule is O=S(=O)(Nc1cc(Cl)c(Cl)cc1Cl)Nc1cc(Cl)c(Cl)cc1Cl. The number of benzene rings is 2. The van der Waals surface area contributed by atoms with Crippen LogP contribution >= 0.6 is 69.6 Å². The van der Waals surface area contributed by atoms with Gasteiger partial charge in [-0.3, -0.25) is 9.44 Å². The zero-order valence-electron chi connectivity index (χ0n) is 10.8. The van der Waals surface area contributed by atoms with Gasteiger partial charge in [0.15, 0.2) is 0 Å². The molecule has 0 saturated heterocycles. The van der Waals surface area contributed by atoms with Crippen LogP contribution in [0.3, 0.4) is 0 Å². The third-order valence-electron chi connectivity index (χ3n) is 2.51. The molecule has 0 radical (unpaired) electrons. The fourth-order valence-electron chi connectivity index (χ4n) is 1.52. The topological polar surface area (TPSA) is 58.2 Å². The summed E-state index contributed by atoms with van der Waals surface area (Å²) < 4.78 is 28.8. The molecular formula is C12H6Cl6N2O2S. The molecule has 11 heteroatoms. The predicted molar refractivity (Wildman–Crippen MR) is 99.1 cm³/mol. The number of rotatable bonds is 4. The Morgan fingerprint density at radius 3 is 1.22 bits per heavy atom. The van der Waals surface area contributed by atoms with E-state index in [-0.39, 0.29) is 41.5 Å².